The molecular formula is C16H22N4O. The number of amides is 1. The first kappa shape index (κ1) is 13.9. The summed E-state index contributed by atoms with van der Waals surface area (Å²) in [5.74, 6) is 0.589. The van der Waals surface area contributed by atoms with Crippen molar-refractivity contribution < 1.29 is 4.79 Å². The molecule has 0 saturated heterocycles. The zero-order valence-electron chi connectivity index (χ0n) is 12.2. The maximum absolute atomic E-state index is 12.3. The van der Waals surface area contributed by atoms with Crippen LogP contribution in [0.5, 0.6) is 0 Å². The number of nitrogens with zero attached hydrogens (tertiary/aromatic N) is 2. The molecule has 1 amide bonds. The smallest absolute Gasteiger partial charge is 0.227 e. The van der Waals surface area contributed by atoms with Gasteiger partial charge in [-0.15, -0.1) is 0 Å². The molecule has 1 fully saturated rings. The van der Waals surface area contributed by atoms with E-state index in [2.05, 4.69) is 32.2 Å². The number of rotatable bonds is 5. The molecule has 1 aliphatic rings. The Hall–Kier alpha value is -2.04. The van der Waals surface area contributed by atoms with Gasteiger partial charge in [0.05, 0.1) is 0 Å². The van der Waals surface area contributed by atoms with Crippen molar-refractivity contribution in [1.82, 2.24) is 14.5 Å². The van der Waals surface area contributed by atoms with Gasteiger partial charge in [0, 0.05) is 37.8 Å². The van der Waals surface area contributed by atoms with Crippen LogP contribution in [-0.2, 0) is 11.3 Å². The van der Waals surface area contributed by atoms with Crippen LogP contribution in [0, 0.1) is 5.41 Å². The van der Waals surface area contributed by atoms with Crippen LogP contribution in [0.4, 0.5) is 5.95 Å². The molecule has 0 atom stereocenters. The normalized spacial score (nSPS) is 17.5. The van der Waals surface area contributed by atoms with Gasteiger partial charge in [0.15, 0.2) is 0 Å². The van der Waals surface area contributed by atoms with Crippen molar-refractivity contribution in [1.29, 1.82) is 0 Å². The summed E-state index contributed by atoms with van der Waals surface area (Å²) in [4.78, 5) is 19.3. The molecule has 112 valence electrons. The summed E-state index contributed by atoms with van der Waals surface area (Å²) in [6.45, 7) is 0.922. The van der Waals surface area contributed by atoms with Crippen LogP contribution < -0.4 is 5.32 Å². The van der Waals surface area contributed by atoms with Gasteiger partial charge in [-0.2, -0.15) is 0 Å². The molecule has 0 unspecified atom stereocenters. The highest BCUT2D eigenvalue weighted by molar-refractivity contribution is 5.89. The molecule has 21 heavy (non-hydrogen) atoms. The first-order valence-electron chi connectivity index (χ1n) is 7.66. The minimum absolute atomic E-state index is 0.0546. The number of anilines is 1. The Morgan fingerprint density at radius 3 is 2.71 bits per heavy atom. The first-order valence-corrected chi connectivity index (χ1v) is 7.66. The second-order valence-electron chi connectivity index (χ2n) is 6.08. The molecule has 2 aromatic heterocycles. The molecule has 3 rings (SSSR count). The third kappa shape index (κ3) is 3.54. The summed E-state index contributed by atoms with van der Waals surface area (Å²) < 4.78 is 2.20. The van der Waals surface area contributed by atoms with Crippen molar-refractivity contribution in [3.63, 3.8) is 0 Å². The molecule has 0 aromatic carbocycles. The monoisotopic (exact) mass is 286 g/mol. The molecule has 2 aromatic rings. The Kier molecular flexibility index (Phi) is 4.08. The molecule has 1 aliphatic carbocycles. The van der Waals surface area contributed by atoms with Gasteiger partial charge in [-0.3, -0.25) is 10.1 Å². The van der Waals surface area contributed by atoms with Crippen LogP contribution in [0.3, 0.4) is 0 Å². The number of nitrogens with one attached hydrogen (secondary N) is 2. The van der Waals surface area contributed by atoms with E-state index in [9.17, 15) is 4.79 Å². The lowest BCUT2D eigenvalue weighted by atomic mass is 9.71. The largest absolute Gasteiger partial charge is 0.354 e. The average molecular weight is 286 g/mol. The number of imidazole rings is 1. The van der Waals surface area contributed by atoms with E-state index in [0.717, 1.165) is 19.4 Å². The zero-order chi connectivity index (χ0) is 14.5. The van der Waals surface area contributed by atoms with E-state index in [4.69, 9.17) is 0 Å². The summed E-state index contributed by atoms with van der Waals surface area (Å²) in [6, 6.07) is 4.08. The van der Waals surface area contributed by atoms with Gasteiger partial charge in [-0.25, -0.2) is 4.98 Å². The molecule has 2 N–H and O–H groups in total. The highest BCUT2D eigenvalue weighted by atomic mass is 16.1. The van der Waals surface area contributed by atoms with Gasteiger partial charge in [0.2, 0.25) is 11.9 Å². The lowest BCUT2D eigenvalue weighted by molar-refractivity contribution is -0.119. The minimum atomic E-state index is 0.0546. The van der Waals surface area contributed by atoms with E-state index in [0.29, 0.717) is 12.4 Å². The predicted molar refractivity (Wildman–Crippen MR) is 81.8 cm³/mol. The second kappa shape index (κ2) is 6.16. The summed E-state index contributed by atoms with van der Waals surface area (Å²) in [5, 5.41) is 2.86. The summed E-state index contributed by atoms with van der Waals surface area (Å²) >= 11 is 0. The van der Waals surface area contributed by atoms with Gasteiger partial charge >= 0.3 is 0 Å². The first-order chi connectivity index (χ1) is 10.3. The number of carbonyl (C=O) groups is 1. The fraction of sp³-hybridized carbons (Fsp3) is 0.500. The van der Waals surface area contributed by atoms with E-state index < -0.39 is 0 Å². The van der Waals surface area contributed by atoms with E-state index in [1.807, 2.05) is 12.1 Å². The molecule has 1 saturated carbocycles. The van der Waals surface area contributed by atoms with Gasteiger partial charge in [-0.05, 0) is 30.4 Å². The Morgan fingerprint density at radius 1 is 1.29 bits per heavy atom. The molecule has 2 heterocycles. The fourth-order valence-corrected chi connectivity index (χ4v) is 3.41. The highest BCUT2D eigenvalue weighted by Gasteiger charge is 2.34. The SMILES string of the molecule is O=C(CC1(Cn2cccc2)CCCCC1)Nc1ncc[nH]1. The van der Waals surface area contributed by atoms with E-state index in [-0.39, 0.29) is 11.3 Å². The third-order valence-corrected chi connectivity index (χ3v) is 4.39. The minimum Gasteiger partial charge on any atom is -0.354 e. The van der Waals surface area contributed by atoms with E-state index in [1.165, 1.54) is 19.3 Å². The molecule has 5 heteroatoms. The average Bonchev–Trinajstić information content (AvgIpc) is 3.13. The highest BCUT2D eigenvalue weighted by Crippen LogP contribution is 2.41. The standard InChI is InChI=1S/C16H22N4O/c21-14(19-15-17-8-9-18-15)12-16(6-2-1-3-7-16)13-20-10-4-5-11-20/h4-5,8-11H,1-3,6-7,12-13H2,(H2,17,18,19,21). The number of aromatic nitrogens is 3. The van der Waals surface area contributed by atoms with E-state index in [1.54, 1.807) is 12.4 Å². The van der Waals surface area contributed by atoms with Crippen LogP contribution in [0.25, 0.3) is 0 Å². The number of carbonyl (C=O) groups excluding carboxylic acids is 1. The summed E-state index contributed by atoms with van der Waals surface area (Å²) in [5.41, 5.74) is 0.0773. The molecule has 0 radical (unpaired) electrons. The third-order valence-electron chi connectivity index (χ3n) is 4.39. The number of aromatic amines is 1. The zero-order valence-corrected chi connectivity index (χ0v) is 12.2. The Bertz CT molecular complexity index is 553. The fourth-order valence-electron chi connectivity index (χ4n) is 3.41. The molecule has 5 nitrogen and oxygen atoms in total. The summed E-state index contributed by atoms with van der Waals surface area (Å²) in [7, 11) is 0. The maximum Gasteiger partial charge on any atom is 0.227 e. The van der Waals surface area contributed by atoms with Gasteiger partial charge < -0.3 is 9.55 Å². The van der Waals surface area contributed by atoms with Gasteiger partial charge in [-0.1, -0.05) is 19.3 Å². The van der Waals surface area contributed by atoms with Crippen molar-refractivity contribution in [2.45, 2.75) is 45.1 Å². The van der Waals surface area contributed by atoms with Gasteiger partial charge in [0.25, 0.3) is 0 Å². The van der Waals surface area contributed by atoms with Crippen LogP contribution in [0.1, 0.15) is 38.5 Å². The molecule has 0 spiro atoms. The van der Waals surface area contributed by atoms with Crippen molar-refractivity contribution in [3.8, 4) is 0 Å². The van der Waals surface area contributed by atoms with Crippen molar-refractivity contribution in [2.24, 2.45) is 5.41 Å². The second-order valence-corrected chi connectivity index (χ2v) is 6.08. The number of hydrogen-bond acceptors (Lipinski definition) is 2. The van der Waals surface area contributed by atoms with Crippen LogP contribution in [0.15, 0.2) is 36.9 Å². The Morgan fingerprint density at radius 2 is 2.05 bits per heavy atom. The Balaban J connectivity index is 1.68. The van der Waals surface area contributed by atoms with Crippen molar-refractivity contribution in [2.75, 3.05) is 5.32 Å². The van der Waals surface area contributed by atoms with Crippen LogP contribution in [-0.4, -0.2) is 20.4 Å². The number of hydrogen-bond donors (Lipinski definition) is 2. The topological polar surface area (TPSA) is 62.7 Å². The van der Waals surface area contributed by atoms with Crippen molar-refractivity contribution in [3.05, 3.63) is 36.9 Å². The predicted octanol–water partition coefficient (Wildman–Crippen LogP) is 3.19. The molecule has 0 bridgehead atoms. The van der Waals surface area contributed by atoms with Crippen LogP contribution >= 0.6 is 0 Å². The number of H-pyrrole nitrogens is 1. The van der Waals surface area contributed by atoms with Crippen molar-refractivity contribution >= 4 is 11.9 Å². The Labute approximate surface area is 124 Å². The lowest BCUT2D eigenvalue weighted by Crippen LogP contribution is -2.33. The van der Waals surface area contributed by atoms with E-state index >= 15 is 0 Å². The van der Waals surface area contributed by atoms with Gasteiger partial charge in [0.1, 0.15) is 0 Å². The molecular weight excluding hydrogens is 264 g/mol. The summed E-state index contributed by atoms with van der Waals surface area (Å²) in [6.07, 6.45) is 14.1. The quantitative estimate of drug-likeness (QED) is 0.886. The van der Waals surface area contributed by atoms with Crippen LogP contribution in [0.2, 0.25) is 0 Å². The lowest BCUT2D eigenvalue weighted by Gasteiger charge is -2.37. The molecule has 0 aliphatic heterocycles. The maximum atomic E-state index is 12.3.